The van der Waals surface area contributed by atoms with Crippen LogP contribution in [0.3, 0.4) is 0 Å². The van der Waals surface area contributed by atoms with Crippen LogP contribution in [-0.4, -0.2) is 14.6 Å². The van der Waals surface area contributed by atoms with Gasteiger partial charge in [0, 0.05) is 11.6 Å². The highest BCUT2D eigenvalue weighted by atomic mass is 19.4. The number of fused-ring (bicyclic) bond motifs is 1. The van der Waals surface area contributed by atoms with Crippen LogP contribution in [0.2, 0.25) is 0 Å². The molecule has 0 aromatic carbocycles. The van der Waals surface area contributed by atoms with Crippen LogP contribution < -0.4 is 5.56 Å². The Morgan fingerprint density at radius 3 is 2.73 bits per heavy atom. The molecule has 0 saturated carbocycles. The van der Waals surface area contributed by atoms with Crippen LogP contribution in [-0.2, 0) is 6.18 Å². The van der Waals surface area contributed by atoms with Crippen molar-refractivity contribution in [3.63, 3.8) is 0 Å². The standard InChI is InChI=1S/C8H6F3N3O/c1-4-3-12-14-5(8(9,10)11)2-6(15)13-7(4)14/h2-3H,1H3,(H,13,15). The Hall–Kier alpha value is -1.79. The largest absolute Gasteiger partial charge is 0.433 e. The smallest absolute Gasteiger partial charge is 0.307 e. The summed E-state index contributed by atoms with van der Waals surface area (Å²) in [5, 5.41) is 3.55. The van der Waals surface area contributed by atoms with E-state index in [1.165, 1.54) is 6.20 Å². The summed E-state index contributed by atoms with van der Waals surface area (Å²) in [4.78, 5) is 13.3. The molecule has 0 atom stereocenters. The fourth-order valence-electron chi connectivity index (χ4n) is 1.30. The Morgan fingerprint density at radius 1 is 1.47 bits per heavy atom. The first-order chi connectivity index (χ1) is 6.89. The molecule has 1 N–H and O–H groups in total. The van der Waals surface area contributed by atoms with Gasteiger partial charge in [0.15, 0.2) is 5.69 Å². The van der Waals surface area contributed by atoms with E-state index in [0.29, 0.717) is 16.1 Å². The summed E-state index contributed by atoms with van der Waals surface area (Å²) in [6.07, 6.45) is -3.33. The molecular formula is C8H6F3N3O. The number of rotatable bonds is 0. The Morgan fingerprint density at radius 2 is 2.13 bits per heavy atom. The lowest BCUT2D eigenvalue weighted by Crippen LogP contribution is -2.19. The van der Waals surface area contributed by atoms with Crippen molar-refractivity contribution in [2.24, 2.45) is 0 Å². The first kappa shape index (κ1) is 9.75. The van der Waals surface area contributed by atoms with Gasteiger partial charge in [-0.05, 0) is 6.92 Å². The summed E-state index contributed by atoms with van der Waals surface area (Å²) in [6.45, 7) is 1.57. The minimum absolute atomic E-state index is 0.0647. The van der Waals surface area contributed by atoms with Crippen molar-refractivity contribution in [1.29, 1.82) is 0 Å². The molecule has 0 bridgehead atoms. The maximum absolute atomic E-state index is 12.5. The Kier molecular flexibility index (Phi) is 1.85. The second-order valence-electron chi connectivity index (χ2n) is 3.10. The molecule has 0 saturated heterocycles. The minimum atomic E-state index is -4.59. The number of hydrogen-bond acceptors (Lipinski definition) is 2. The van der Waals surface area contributed by atoms with Crippen molar-refractivity contribution in [2.45, 2.75) is 13.1 Å². The lowest BCUT2D eigenvalue weighted by atomic mass is 10.3. The molecule has 0 unspecified atom stereocenters. The summed E-state index contributed by atoms with van der Waals surface area (Å²) in [6, 6.07) is 0.486. The van der Waals surface area contributed by atoms with E-state index in [0.717, 1.165) is 0 Å². The molecule has 0 amide bonds. The maximum atomic E-state index is 12.5. The predicted octanol–water partition coefficient (Wildman–Crippen LogP) is 1.35. The molecular weight excluding hydrogens is 211 g/mol. The fraction of sp³-hybridized carbons (Fsp3) is 0.250. The summed E-state index contributed by atoms with van der Waals surface area (Å²) < 4.78 is 38.2. The molecule has 2 aromatic heterocycles. The summed E-state index contributed by atoms with van der Waals surface area (Å²) in [7, 11) is 0. The van der Waals surface area contributed by atoms with Gasteiger partial charge in [0.25, 0.3) is 5.56 Å². The number of aromatic nitrogens is 3. The lowest BCUT2D eigenvalue weighted by molar-refractivity contribution is -0.142. The van der Waals surface area contributed by atoms with Crippen LogP contribution in [0, 0.1) is 6.92 Å². The van der Waals surface area contributed by atoms with Crippen LogP contribution in [0.4, 0.5) is 13.2 Å². The van der Waals surface area contributed by atoms with Crippen molar-refractivity contribution in [1.82, 2.24) is 14.6 Å². The topological polar surface area (TPSA) is 50.2 Å². The van der Waals surface area contributed by atoms with Crippen LogP contribution in [0.5, 0.6) is 0 Å². The number of aryl methyl sites for hydroxylation is 1. The zero-order valence-corrected chi connectivity index (χ0v) is 7.59. The van der Waals surface area contributed by atoms with Crippen molar-refractivity contribution >= 4 is 5.65 Å². The number of halogens is 3. The number of aromatic amines is 1. The minimum Gasteiger partial charge on any atom is -0.307 e. The molecule has 0 fully saturated rings. The molecule has 2 heterocycles. The maximum Gasteiger partial charge on any atom is 0.433 e. The van der Waals surface area contributed by atoms with Crippen LogP contribution in [0.1, 0.15) is 11.3 Å². The van der Waals surface area contributed by atoms with E-state index in [1.54, 1.807) is 6.92 Å². The average Bonchev–Trinajstić information content (AvgIpc) is 2.45. The zero-order chi connectivity index (χ0) is 11.2. The highest BCUT2D eigenvalue weighted by Crippen LogP contribution is 2.28. The molecule has 0 aliphatic rings. The number of nitrogens with zero attached hydrogens (tertiary/aromatic N) is 2. The summed E-state index contributed by atoms with van der Waals surface area (Å²) in [5.41, 5.74) is -1.32. The van der Waals surface area contributed by atoms with Crippen molar-refractivity contribution in [3.8, 4) is 0 Å². The molecule has 0 aliphatic heterocycles. The predicted molar refractivity (Wildman–Crippen MR) is 45.6 cm³/mol. The van der Waals surface area contributed by atoms with E-state index >= 15 is 0 Å². The van der Waals surface area contributed by atoms with Gasteiger partial charge in [0.1, 0.15) is 5.65 Å². The van der Waals surface area contributed by atoms with Gasteiger partial charge in [-0.3, -0.25) is 4.79 Å². The number of H-pyrrole nitrogens is 1. The molecule has 0 spiro atoms. The van der Waals surface area contributed by atoms with Crippen LogP contribution in [0.25, 0.3) is 5.65 Å². The third-order valence-corrected chi connectivity index (χ3v) is 1.98. The van der Waals surface area contributed by atoms with Gasteiger partial charge in [-0.15, -0.1) is 0 Å². The molecule has 80 valence electrons. The van der Waals surface area contributed by atoms with Gasteiger partial charge in [0.05, 0.1) is 6.20 Å². The Labute approximate surface area is 81.3 Å². The second-order valence-corrected chi connectivity index (χ2v) is 3.10. The molecule has 0 radical (unpaired) electrons. The van der Waals surface area contributed by atoms with Crippen molar-refractivity contribution < 1.29 is 13.2 Å². The average molecular weight is 217 g/mol. The van der Waals surface area contributed by atoms with Gasteiger partial charge in [-0.2, -0.15) is 18.3 Å². The molecule has 15 heavy (non-hydrogen) atoms. The molecule has 4 nitrogen and oxygen atoms in total. The Balaban J connectivity index is 2.90. The quantitative estimate of drug-likeness (QED) is 0.724. The van der Waals surface area contributed by atoms with E-state index in [9.17, 15) is 18.0 Å². The number of alkyl halides is 3. The van der Waals surface area contributed by atoms with E-state index in [-0.39, 0.29) is 5.65 Å². The normalized spacial score (nSPS) is 12.3. The highest BCUT2D eigenvalue weighted by molar-refractivity contribution is 5.46. The number of nitrogens with one attached hydrogen (secondary N) is 1. The summed E-state index contributed by atoms with van der Waals surface area (Å²) >= 11 is 0. The van der Waals surface area contributed by atoms with Gasteiger partial charge in [-0.1, -0.05) is 0 Å². The van der Waals surface area contributed by atoms with Crippen LogP contribution >= 0.6 is 0 Å². The van der Waals surface area contributed by atoms with Gasteiger partial charge < -0.3 is 4.98 Å². The van der Waals surface area contributed by atoms with Crippen molar-refractivity contribution in [2.75, 3.05) is 0 Å². The van der Waals surface area contributed by atoms with E-state index in [2.05, 4.69) is 10.1 Å². The zero-order valence-electron chi connectivity index (χ0n) is 7.59. The first-order valence-electron chi connectivity index (χ1n) is 4.04. The van der Waals surface area contributed by atoms with Gasteiger partial charge >= 0.3 is 6.18 Å². The van der Waals surface area contributed by atoms with Gasteiger partial charge in [0.2, 0.25) is 0 Å². The summed E-state index contributed by atoms with van der Waals surface area (Å²) in [5.74, 6) is 0. The molecule has 2 rings (SSSR count). The first-order valence-corrected chi connectivity index (χ1v) is 4.04. The SMILES string of the molecule is Cc1cnn2c(C(F)(F)F)cc(=O)[nH]c12. The van der Waals surface area contributed by atoms with E-state index < -0.39 is 17.4 Å². The second kappa shape index (κ2) is 2.85. The fourth-order valence-corrected chi connectivity index (χ4v) is 1.30. The lowest BCUT2D eigenvalue weighted by Gasteiger charge is -2.07. The third kappa shape index (κ3) is 1.49. The number of hydrogen-bond donors (Lipinski definition) is 1. The monoisotopic (exact) mass is 217 g/mol. The highest BCUT2D eigenvalue weighted by Gasteiger charge is 2.34. The van der Waals surface area contributed by atoms with Crippen LogP contribution in [0.15, 0.2) is 17.1 Å². The van der Waals surface area contributed by atoms with Crippen molar-refractivity contribution in [3.05, 3.63) is 33.9 Å². The Bertz CT molecular complexity index is 566. The molecule has 2 aromatic rings. The molecule has 7 heteroatoms. The van der Waals surface area contributed by atoms with Gasteiger partial charge in [-0.25, -0.2) is 4.52 Å². The van der Waals surface area contributed by atoms with E-state index in [1.807, 2.05) is 0 Å². The third-order valence-electron chi connectivity index (χ3n) is 1.98. The van der Waals surface area contributed by atoms with E-state index in [4.69, 9.17) is 0 Å². The molecule has 0 aliphatic carbocycles.